The van der Waals surface area contributed by atoms with Gasteiger partial charge < -0.3 is 16.3 Å². The van der Waals surface area contributed by atoms with E-state index >= 15 is 0 Å². The first-order chi connectivity index (χ1) is 5.81. The molecule has 0 unspecified atom stereocenters. The molecule has 5 heteroatoms. The summed E-state index contributed by atoms with van der Waals surface area (Å²) >= 11 is 1.79. The zero-order valence-corrected chi connectivity index (χ0v) is 7.81. The van der Waals surface area contributed by atoms with Crippen LogP contribution in [0.4, 0.5) is 0 Å². The van der Waals surface area contributed by atoms with Crippen LogP contribution < -0.4 is 11.1 Å². The summed E-state index contributed by atoms with van der Waals surface area (Å²) in [4.78, 5) is 0. The van der Waals surface area contributed by atoms with E-state index in [9.17, 15) is 0 Å². The minimum atomic E-state index is 0.212. The largest absolute Gasteiger partial charge is 0.409 e. The highest BCUT2D eigenvalue weighted by Crippen LogP contribution is 1.96. The van der Waals surface area contributed by atoms with Gasteiger partial charge in [0.05, 0.1) is 6.54 Å². The third-order valence-electron chi connectivity index (χ3n) is 1.09. The van der Waals surface area contributed by atoms with Crippen LogP contribution in [-0.4, -0.2) is 35.6 Å². The molecule has 0 atom stereocenters. The Morgan fingerprint density at radius 2 is 2.50 bits per heavy atom. The van der Waals surface area contributed by atoms with Crippen LogP contribution in [0.1, 0.15) is 0 Å². The monoisotopic (exact) mass is 189 g/mol. The molecule has 0 rings (SSSR count). The number of hydrogen-bond acceptors (Lipinski definition) is 4. The van der Waals surface area contributed by atoms with Crippen molar-refractivity contribution in [1.82, 2.24) is 5.32 Å². The SMILES string of the molecule is C=CCSCCNC/C(N)=N\O. The molecule has 0 heterocycles. The van der Waals surface area contributed by atoms with E-state index in [1.54, 1.807) is 11.8 Å². The molecule has 4 N–H and O–H groups in total. The van der Waals surface area contributed by atoms with Crippen molar-refractivity contribution in [2.75, 3.05) is 24.6 Å². The van der Waals surface area contributed by atoms with Crippen LogP contribution in [0, 0.1) is 0 Å². The Labute approximate surface area is 76.9 Å². The number of rotatable bonds is 7. The average molecular weight is 189 g/mol. The standard InChI is InChI=1S/C7H15N3OS/c1-2-4-12-5-3-9-6-7(8)10-11/h2,9,11H,1,3-6H2,(H2,8,10). The molecule has 0 aromatic rings. The molecule has 0 saturated carbocycles. The summed E-state index contributed by atoms with van der Waals surface area (Å²) in [7, 11) is 0. The lowest BCUT2D eigenvalue weighted by Gasteiger charge is -2.01. The summed E-state index contributed by atoms with van der Waals surface area (Å²) in [6.07, 6.45) is 1.87. The van der Waals surface area contributed by atoms with Crippen molar-refractivity contribution >= 4 is 17.6 Å². The Hall–Kier alpha value is -0.680. The second kappa shape index (κ2) is 8.42. The minimum absolute atomic E-state index is 0.212. The van der Waals surface area contributed by atoms with Crippen LogP contribution in [0.15, 0.2) is 17.8 Å². The van der Waals surface area contributed by atoms with E-state index in [1.807, 2.05) is 6.08 Å². The Kier molecular flexibility index (Phi) is 7.94. The molecule has 12 heavy (non-hydrogen) atoms. The molecular formula is C7H15N3OS. The van der Waals surface area contributed by atoms with E-state index in [0.29, 0.717) is 6.54 Å². The summed E-state index contributed by atoms with van der Waals surface area (Å²) in [6.45, 7) is 4.90. The first-order valence-corrected chi connectivity index (χ1v) is 4.82. The van der Waals surface area contributed by atoms with Gasteiger partial charge in [0.1, 0.15) is 0 Å². The summed E-state index contributed by atoms with van der Waals surface area (Å²) in [5.74, 6) is 2.18. The number of nitrogens with zero attached hydrogens (tertiary/aromatic N) is 1. The lowest BCUT2D eigenvalue weighted by molar-refractivity contribution is 0.317. The van der Waals surface area contributed by atoms with Crippen molar-refractivity contribution in [2.24, 2.45) is 10.9 Å². The molecule has 0 aliphatic heterocycles. The fourth-order valence-electron chi connectivity index (χ4n) is 0.563. The van der Waals surface area contributed by atoms with Gasteiger partial charge in [0.2, 0.25) is 0 Å². The molecule has 0 radical (unpaired) electrons. The molecular weight excluding hydrogens is 174 g/mol. The molecule has 0 aromatic carbocycles. The highest BCUT2D eigenvalue weighted by Gasteiger charge is 1.91. The second-order valence-electron chi connectivity index (χ2n) is 2.13. The number of hydrogen-bond donors (Lipinski definition) is 3. The molecule has 0 aliphatic carbocycles. The van der Waals surface area contributed by atoms with Gasteiger partial charge in [-0.1, -0.05) is 11.2 Å². The fourth-order valence-corrected chi connectivity index (χ4v) is 1.18. The Bertz CT molecular complexity index is 150. The average Bonchev–Trinajstić information content (AvgIpc) is 2.10. The molecule has 70 valence electrons. The van der Waals surface area contributed by atoms with E-state index in [1.165, 1.54) is 0 Å². The maximum atomic E-state index is 8.18. The van der Waals surface area contributed by atoms with Gasteiger partial charge in [0, 0.05) is 18.1 Å². The zero-order valence-electron chi connectivity index (χ0n) is 6.99. The first kappa shape index (κ1) is 11.3. The van der Waals surface area contributed by atoms with E-state index in [0.717, 1.165) is 18.1 Å². The van der Waals surface area contributed by atoms with Gasteiger partial charge in [-0.25, -0.2) is 0 Å². The number of nitrogens with two attached hydrogens (primary N) is 1. The number of oxime groups is 1. The van der Waals surface area contributed by atoms with E-state index in [4.69, 9.17) is 10.9 Å². The number of thioether (sulfide) groups is 1. The van der Waals surface area contributed by atoms with Crippen molar-refractivity contribution in [3.63, 3.8) is 0 Å². The summed E-state index contributed by atoms with van der Waals surface area (Å²) in [5, 5.41) is 14.0. The van der Waals surface area contributed by atoms with Crippen LogP contribution in [0.5, 0.6) is 0 Å². The van der Waals surface area contributed by atoms with Gasteiger partial charge in [-0.05, 0) is 0 Å². The van der Waals surface area contributed by atoms with Crippen molar-refractivity contribution in [1.29, 1.82) is 0 Å². The quantitative estimate of drug-likeness (QED) is 0.134. The maximum Gasteiger partial charge on any atom is 0.153 e. The normalized spacial score (nSPS) is 11.5. The Balaban J connectivity index is 3.05. The van der Waals surface area contributed by atoms with E-state index < -0.39 is 0 Å². The number of nitrogens with one attached hydrogen (secondary N) is 1. The van der Waals surface area contributed by atoms with Gasteiger partial charge in [0.25, 0.3) is 0 Å². The molecule has 0 aromatic heterocycles. The van der Waals surface area contributed by atoms with E-state index in [-0.39, 0.29) is 5.84 Å². The van der Waals surface area contributed by atoms with Crippen LogP contribution in [0.3, 0.4) is 0 Å². The van der Waals surface area contributed by atoms with Crippen molar-refractivity contribution < 1.29 is 5.21 Å². The first-order valence-electron chi connectivity index (χ1n) is 3.67. The predicted octanol–water partition coefficient (Wildman–Crippen LogP) is 0.242. The highest BCUT2D eigenvalue weighted by atomic mass is 32.2. The fraction of sp³-hybridized carbons (Fsp3) is 0.571. The topological polar surface area (TPSA) is 70.6 Å². The zero-order chi connectivity index (χ0) is 9.23. The van der Waals surface area contributed by atoms with Gasteiger partial charge in [-0.3, -0.25) is 0 Å². The summed E-state index contributed by atoms with van der Waals surface area (Å²) in [6, 6.07) is 0. The van der Waals surface area contributed by atoms with Crippen LogP contribution in [-0.2, 0) is 0 Å². The molecule has 4 nitrogen and oxygen atoms in total. The van der Waals surface area contributed by atoms with Crippen LogP contribution in [0.2, 0.25) is 0 Å². The lowest BCUT2D eigenvalue weighted by atomic mass is 10.6. The molecule has 0 saturated heterocycles. The van der Waals surface area contributed by atoms with Crippen molar-refractivity contribution in [3.05, 3.63) is 12.7 Å². The van der Waals surface area contributed by atoms with Gasteiger partial charge >= 0.3 is 0 Å². The third kappa shape index (κ3) is 7.43. The van der Waals surface area contributed by atoms with Gasteiger partial charge in [-0.15, -0.1) is 6.58 Å². The molecule has 0 amide bonds. The van der Waals surface area contributed by atoms with Crippen LogP contribution in [0.25, 0.3) is 0 Å². The van der Waals surface area contributed by atoms with E-state index in [2.05, 4.69) is 17.1 Å². The predicted molar refractivity (Wildman–Crippen MR) is 53.8 cm³/mol. The molecule has 0 spiro atoms. The minimum Gasteiger partial charge on any atom is -0.409 e. The highest BCUT2D eigenvalue weighted by molar-refractivity contribution is 7.99. The van der Waals surface area contributed by atoms with Crippen molar-refractivity contribution in [2.45, 2.75) is 0 Å². The van der Waals surface area contributed by atoms with Crippen molar-refractivity contribution in [3.8, 4) is 0 Å². The van der Waals surface area contributed by atoms with Gasteiger partial charge in [-0.2, -0.15) is 11.8 Å². The summed E-state index contributed by atoms with van der Waals surface area (Å²) in [5.41, 5.74) is 5.23. The Morgan fingerprint density at radius 3 is 3.08 bits per heavy atom. The second-order valence-corrected chi connectivity index (χ2v) is 3.28. The summed E-state index contributed by atoms with van der Waals surface area (Å²) < 4.78 is 0. The molecule has 0 aliphatic rings. The smallest absolute Gasteiger partial charge is 0.153 e. The van der Waals surface area contributed by atoms with Gasteiger partial charge in [0.15, 0.2) is 5.84 Å². The lowest BCUT2D eigenvalue weighted by Crippen LogP contribution is -2.30. The molecule has 0 bridgehead atoms. The molecule has 0 fully saturated rings. The van der Waals surface area contributed by atoms with Crippen LogP contribution >= 0.6 is 11.8 Å². The Morgan fingerprint density at radius 1 is 1.75 bits per heavy atom. The third-order valence-corrected chi connectivity index (χ3v) is 2.06. The number of amidine groups is 1. The maximum absolute atomic E-state index is 8.18.